The number of nitrogens with zero attached hydrogens (tertiary/aromatic N) is 2. The van der Waals surface area contributed by atoms with Crippen molar-refractivity contribution in [1.82, 2.24) is 4.90 Å². The van der Waals surface area contributed by atoms with Crippen LogP contribution in [0.3, 0.4) is 0 Å². The highest BCUT2D eigenvalue weighted by molar-refractivity contribution is 7.80. The molecule has 1 heterocycles. The fraction of sp³-hybridized carbons (Fsp3) is 0.278. The van der Waals surface area contributed by atoms with Gasteiger partial charge in [-0.25, -0.2) is 0 Å². The van der Waals surface area contributed by atoms with E-state index in [-0.39, 0.29) is 0 Å². The molecule has 6 heteroatoms. The van der Waals surface area contributed by atoms with Gasteiger partial charge in [-0.15, -0.1) is 0 Å². The molecule has 1 fully saturated rings. The van der Waals surface area contributed by atoms with E-state index in [0.717, 1.165) is 52.6 Å². The van der Waals surface area contributed by atoms with Gasteiger partial charge in [-0.2, -0.15) is 0 Å². The van der Waals surface area contributed by atoms with Gasteiger partial charge < -0.3 is 15.1 Å². The largest absolute Gasteiger partial charge is 0.368 e. The van der Waals surface area contributed by atoms with Crippen LogP contribution in [0.4, 0.5) is 11.4 Å². The predicted octanol–water partition coefficient (Wildman–Crippen LogP) is 4.82. The SMILES string of the molecule is Cc1c(Cl)cccc1NC(=S)N1CCN(c2ccc(Cl)cc2)CC1. The molecule has 1 aliphatic heterocycles. The van der Waals surface area contributed by atoms with Crippen molar-refractivity contribution in [1.29, 1.82) is 0 Å². The number of halogens is 2. The van der Waals surface area contributed by atoms with E-state index in [1.165, 1.54) is 5.69 Å². The summed E-state index contributed by atoms with van der Waals surface area (Å²) in [5.74, 6) is 0. The van der Waals surface area contributed by atoms with E-state index in [2.05, 4.69) is 27.2 Å². The van der Waals surface area contributed by atoms with Crippen molar-refractivity contribution in [2.75, 3.05) is 36.4 Å². The second-order valence-electron chi connectivity index (χ2n) is 5.79. The van der Waals surface area contributed by atoms with Gasteiger partial charge in [-0.05, 0) is 61.1 Å². The molecule has 1 N–H and O–H groups in total. The van der Waals surface area contributed by atoms with Crippen molar-refractivity contribution in [2.24, 2.45) is 0 Å². The molecule has 0 bridgehead atoms. The van der Waals surface area contributed by atoms with E-state index in [0.29, 0.717) is 0 Å². The summed E-state index contributed by atoms with van der Waals surface area (Å²) in [7, 11) is 0. The van der Waals surface area contributed by atoms with E-state index in [9.17, 15) is 0 Å². The van der Waals surface area contributed by atoms with E-state index >= 15 is 0 Å². The second-order valence-corrected chi connectivity index (χ2v) is 7.02. The van der Waals surface area contributed by atoms with E-state index < -0.39 is 0 Å². The number of piperazine rings is 1. The van der Waals surface area contributed by atoms with Crippen LogP contribution in [-0.4, -0.2) is 36.2 Å². The molecule has 0 amide bonds. The van der Waals surface area contributed by atoms with Crippen molar-refractivity contribution < 1.29 is 0 Å². The minimum atomic E-state index is 0.746. The molecule has 0 aromatic heterocycles. The molecule has 3 rings (SSSR count). The Kier molecular flexibility index (Phi) is 5.49. The number of hydrogen-bond acceptors (Lipinski definition) is 2. The summed E-state index contributed by atoms with van der Waals surface area (Å²) in [6, 6.07) is 13.8. The molecule has 0 radical (unpaired) electrons. The summed E-state index contributed by atoms with van der Waals surface area (Å²) in [4.78, 5) is 4.54. The average Bonchev–Trinajstić information content (AvgIpc) is 2.60. The maximum atomic E-state index is 6.17. The first-order chi connectivity index (χ1) is 11.5. The number of benzene rings is 2. The summed E-state index contributed by atoms with van der Waals surface area (Å²) in [5, 5.41) is 5.58. The van der Waals surface area contributed by atoms with Crippen molar-refractivity contribution in [3.8, 4) is 0 Å². The Bertz CT molecular complexity index is 726. The van der Waals surface area contributed by atoms with Gasteiger partial charge in [0.1, 0.15) is 0 Å². The fourth-order valence-corrected chi connectivity index (χ4v) is 3.35. The third-order valence-corrected chi connectivity index (χ3v) is 5.29. The van der Waals surface area contributed by atoms with Crippen LogP contribution in [0.1, 0.15) is 5.56 Å². The van der Waals surface area contributed by atoms with Crippen molar-refractivity contribution in [2.45, 2.75) is 6.92 Å². The summed E-state index contributed by atoms with van der Waals surface area (Å²) >= 11 is 17.7. The van der Waals surface area contributed by atoms with Crippen LogP contribution >= 0.6 is 35.4 Å². The molecule has 1 aliphatic rings. The molecular formula is C18H19Cl2N3S. The normalized spacial score (nSPS) is 14.6. The molecule has 3 nitrogen and oxygen atoms in total. The van der Waals surface area contributed by atoms with Crippen LogP contribution in [0.5, 0.6) is 0 Å². The smallest absolute Gasteiger partial charge is 0.173 e. The van der Waals surface area contributed by atoms with Crippen LogP contribution in [0, 0.1) is 6.92 Å². The minimum Gasteiger partial charge on any atom is -0.368 e. The molecule has 0 saturated carbocycles. The van der Waals surface area contributed by atoms with Gasteiger partial charge in [0.15, 0.2) is 5.11 Å². The quantitative estimate of drug-likeness (QED) is 0.753. The van der Waals surface area contributed by atoms with E-state index in [1.54, 1.807) is 0 Å². The molecule has 2 aromatic carbocycles. The molecule has 0 unspecified atom stereocenters. The van der Waals surface area contributed by atoms with Gasteiger partial charge in [-0.1, -0.05) is 29.3 Å². The molecule has 0 atom stereocenters. The fourth-order valence-electron chi connectivity index (χ4n) is 2.76. The van der Waals surface area contributed by atoms with E-state index in [4.69, 9.17) is 35.4 Å². The van der Waals surface area contributed by atoms with Crippen LogP contribution in [0.2, 0.25) is 10.0 Å². The molecular weight excluding hydrogens is 361 g/mol. The average molecular weight is 380 g/mol. The monoisotopic (exact) mass is 379 g/mol. The zero-order valence-electron chi connectivity index (χ0n) is 13.4. The summed E-state index contributed by atoms with van der Waals surface area (Å²) in [6.45, 7) is 5.61. The van der Waals surface area contributed by atoms with Gasteiger partial charge >= 0.3 is 0 Å². The Labute approximate surface area is 158 Å². The van der Waals surface area contributed by atoms with Crippen molar-refractivity contribution in [3.63, 3.8) is 0 Å². The van der Waals surface area contributed by atoms with Crippen LogP contribution < -0.4 is 10.2 Å². The number of rotatable bonds is 2. The molecule has 0 aliphatic carbocycles. The summed E-state index contributed by atoms with van der Waals surface area (Å²) in [6.07, 6.45) is 0. The minimum absolute atomic E-state index is 0.746. The third kappa shape index (κ3) is 3.94. The number of anilines is 2. The number of thiocarbonyl (C=S) groups is 1. The Hall–Kier alpha value is -1.49. The Morgan fingerprint density at radius 1 is 1.00 bits per heavy atom. The third-order valence-electron chi connectivity index (χ3n) is 4.27. The van der Waals surface area contributed by atoms with Crippen molar-refractivity contribution in [3.05, 3.63) is 58.1 Å². The van der Waals surface area contributed by atoms with Gasteiger partial charge in [0.2, 0.25) is 0 Å². The molecule has 126 valence electrons. The lowest BCUT2D eigenvalue weighted by atomic mass is 10.2. The Morgan fingerprint density at radius 3 is 2.33 bits per heavy atom. The van der Waals surface area contributed by atoms with Gasteiger partial charge in [0, 0.05) is 47.6 Å². The summed E-state index contributed by atoms with van der Waals surface area (Å²) in [5.41, 5.74) is 3.18. The Balaban J connectivity index is 1.59. The van der Waals surface area contributed by atoms with Gasteiger partial charge in [0.05, 0.1) is 0 Å². The number of hydrogen-bond donors (Lipinski definition) is 1. The van der Waals surface area contributed by atoms with Crippen LogP contribution in [-0.2, 0) is 0 Å². The van der Waals surface area contributed by atoms with Crippen LogP contribution in [0.15, 0.2) is 42.5 Å². The lowest BCUT2D eigenvalue weighted by Crippen LogP contribution is -2.50. The first-order valence-corrected chi connectivity index (χ1v) is 9.02. The first kappa shape index (κ1) is 17.3. The zero-order chi connectivity index (χ0) is 17.1. The maximum Gasteiger partial charge on any atom is 0.173 e. The first-order valence-electron chi connectivity index (χ1n) is 7.86. The highest BCUT2D eigenvalue weighted by Gasteiger charge is 2.19. The van der Waals surface area contributed by atoms with Crippen LogP contribution in [0.25, 0.3) is 0 Å². The lowest BCUT2D eigenvalue weighted by Gasteiger charge is -2.37. The van der Waals surface area contributed by atoms with Gasteiger partial charge in [0.25, 0.3) is 0 Å². The summed E-state index contributed by atoms with van der Waals surface area (Å²) < 4.78 is 0. The standard InChI is InChI=1S/C18H19Cl2N3S/c1-13-16(20)3-2-4-17(13)21-18(24)23-11-9-22(10-12-23)15-7-5-14(19)6-8-15/h2-8H,9-12H2,1H3,(H,21,24). The molecule has 1 saturated heterocycles. The topological polar surface area (TPSA) is 18.5 Å². The van der Waals surface area contributed by atoms with Crippen molar-refractivity contribution >= 4 is 51.9 Å². The molecule has 2 aromatic rings. The highest BCUT2D eigenvalue weighted by Crippen LogP contribution is 2.24. The van der Waals surface area contributed by atoms with E-state index in [1.807, 2.05) is 37.3 Å². The molecule has 0 spiro atoms. The predicted molar refractivity (Wildman–Crippen MR) is 108 cm³/mol. The zero-order valence-corrected chi connectivity index (χ0v) is 15.8. The maximum absolute atomic E-state index is 6.17. The highest BCUT2D eigenvalue weighted by atomic mass is 35.5. The Morgan fingerprint density at radius 2 is 1.67 bits per heavy atom. The molecule has 24 heavy (non-hydrogen) atoms. The lowest BCUT2D eigenvalue weighted by molar-refractivity contribution is 0.391. The number of nitrogens with one attached hydrogen (secondary N) is 1. The van der Waals surface area contributed by atoms with Gasteiger partial charge in [-0.3, -0.25) is 0 Å². The second kappa shape index (κ2) is 7.60.